The van der Waals surface area contributed by atoms with Gasteiger partial charge < -0.3 is 5.32 Å². The van der Waals surface area contributed by atoms with Crippen molar-refractivity contribution < 1.29 is 13.3 Å². The molecule has 1 saturated heterocycles. The van der Waals surface area contributed by atoms with Crippen LogP contribution in [-0.2, 0) is 15.8 Å². The summed E-state index contributed by atoms with van der Waals surface area (Å²) in [5.74, 6) is -0.130. The topological polar surface area (TPSA) is 92.6 Å². The van der Waals surface area contributed by atoms with Gasteiger partial charge in [-0.15, -0.1) is 0 Å². The fourth-order valence-corrected chi connectivity index (χ4v) is 4.01. The molecule has 1 aliphatic heterocycles. The van der Waals surface area contributed by atoms with Crippen molar-refractivity contribution in [1.29, 1.82) is 0 Å². The first-order valence-electron chi connectivity index (χ1n) is 6.34. The van der Waals surface area contributed by atoms with E-state index in [0.717, 1.165) is 0 Å². The van der Waals surface area contributed by atoms with Crippen LogP contribution in [0.5, 0.6) is 0 Å². The van der Waals surface area contributed by atoms with Gasteiger partial charge in [0.2, 0.25) is 10.0 Å². The monoisotopic (exact) mass is 299 g/mol. The largest absolute Gasteiger partial charge is 0.314 e. The minimum Gasteiger partial charge on any atom is -0.314 e. The van der Waals surface area contributed by atoms with Crippen molar-refractivity contribution in [3.05, 3.63) is 39.9 Å². The lowest BCUT2D eigenvalue weighted by Crippen LogP contribution is -2.52. The number of hydrogen-bond donors (Lipinski definition) is 1. The first-order chi connectivity index (χ1) is 9.40. The van der Waals surface area contributed by atoms with Crippen LogP contribution in [0.1, 0.15) is 12.5 Å². The number of rotatable bonds is 4. The van der Waals surface area contributed by atoms with Crippen LogP contribution in [0.15, 0.2) is 24.3 Å². The standard InChI is InChI=1S/C12H17N3O4S/c1-10-8-13-6-7-14(10)20(18,19)9-11-2-4-12(5-3-11)15(16)17/h2-5,10,13H,6-9H2,1H3/t10-/m0/s1. The molecule has 0 unspecified atom stereocenters. The van der Waals surface area contributed by atoms with E-state index in [0.29, 0.717) is 25.2 Å². The van der Waals surface area contributed by atoms with Crippen molar-refractivity contribution in [2.75, 3.05) is 19.6 Å². The quantitative estimate of drug-likeness (QED) is 0.653. The van der Waals surface area contributed by atoms with Crippen LogP contribution in [0.3, 0.4) is 0 Å². The molecule has 8 heteroatoms. The molecule has 110 valence electrons. The Labute approximate surface area is 117 Å². The average molecular weight is 299 g/mol. The van der Waals surface area contributed by atoms with Gasteiger partial charge in [-0.1, -0.05) is 12.1 Å². The fraction of sp³-hybridized carbons (Fsp3) is 0.500. The van der Waals surface area contributed by atoms with Crippen molar-refractivity contribution in [2.24, 2.45) is 0 Å². The second-order valence-electron chi connectivity index (χ2n) is 4.84. The summed E-state index contributed by atoms with van der Waals surface area (Å²) in [6, 6.07) is 5.55. The van der Waals surface area contributed by atoms with E-state index < -0.39 is 14.9 Å². The molecule has 0 radical (unpaired) electrons. The summed E-state index contributed by atoms with van der Waals surface area (Å²) in [6.45, 7) is 3.60. The lowest BCUT2D eigenvalue weighted by molar-refractivity contribution is -0.384. The van der Waals surface area contributed by atoms with Crippen LogP contribution in [0.4, 0.5) is 5.69 Å². The molecule has 0 aliphatic carbocycles. The van der Waals surface area contributed by atoms with Crippen molar-refractivity contribution in [2.45, 2.75) is 18.7 Å². The fourth-order valence-electron chi connectivity index (χ4n) is 2.24. The molecule has 1 aromatic rings. The molecule has 1 fully saturated rings. The summed E-state index contributed by atoms with van der Waals surface area (Å²) >= 11 is 0. The third-order valence-corrected chi connectivity index (χ3v) is 5.25. The van der Waals surface area contributed by atoms with Gasteiger partial charge in [-0.05, 0) is 12.5 Å². The number of piperazine rings is 1. The smallest absolute Gasteiger partial charge is 0.269 e. The second-order valence-corrected chi connectivity index (χ2v) is 6.77. The third-order valence-electron chi connectivity index (χ3n) is 3.29. The number of benzene rings is 1. The highest BCUT2D eigenvalue weighted by Crippen LogP contribution is 2.18. The number of nitrogens with zero attached hydrogens (tertiary/aromatic N) is 2. The lowest BCUT2D eigenvalue weighted by atomic mass is 10.2. The zero-order valence-corrected chi connectivity index (χ0v) is 12.0. The van der Waals surface area contributed by atoms with Gasteiger partial charge in [-0.25, -0.2) is 8.42 Å². The Bertz CT molecular complexity index is 585. The summed E-state index contributed by atoms with van der Waals surface area (Å²) in [6.07, 6.45) is 0. The molecular weight excluding hydrogens is 282 g/mol. The van der Waals surface area contributed by atoms with E-state index in [9.17, 15) is 18.5 Å². The Hall–Kier alpha value is -1.51. The Morgan fingerprint density at radius 1 is 1.40 bits per heavy atom. The highest BCUT2D eigenvalue weighted by Gasteiger charge is 2.29. The summed E-state index contributed by atoms with van der Waals surface area (Å²) < 4.78 is 26.2. The van der Waals surface area contributed by atoms with E-state index in [4.69, 9.17) is 0 Å². The van der Waals surface area contributed by atoms with E-state index in [2.05, 4.69) is 5.32 Å². The number of non-ortho nitro benzene ring substituents is 1. The van der Waals surface area contributed by atoms with Gasteiger partial charge in [0.1, 0.15) is 0 Å². The number of nitro benzene ring substituents is 1. The minimum absolute atomic E-state index is 0.0401. The van der Waals surface area contributed by atoms with Gasteiger partial charge in [0.05, 0.1) is 10.7 Å². The van der Waals surface area contributed by atoms with E-state index in [1.165, 1.54) is 28.6 Å². The van der Waals surface area contributed by atoms with Gasteiger partial charge >= 0.3 is 0 Å². The third kappa shape index (κ3) is 3.33. The molecule has 0 bridgehead atoms. The van der Waals surface area contributed by atoms with Crippen molar-refractivity contribution in [1.82, 2.24) is 9.62 Å². The summed E-state index contributed by atoms with van der Waals surface area (Å²) in [5, 5.41) is 13.7. The zero-order valence-electron chi connectivity index (χ0n) is 11.2. The second kappa shape index (κ2) is 5.86. The molecule has 0 aromatic heterocycles. The SMILES string of the molecule is C[C@H]1CNCCN1S(=O)(=O)Cc1ccc([N+](=O)[O-])cc1. The molecule has 2 rings (SSSR count). The first-order valence-corrected chi connectivity index (χ1v) is 7.94. The van der Waals surface area contributed by atoms with Gasteiger partial charge in [0.25, 0.3) is 5.69 Å². The van der Waals surface area contributed by atoms with Gasteiger partial charge in [0.15, 0.2) is 0 Å². The van der Waals surface area contributed by atoms with Gasteiger partial charge in [0, 0.05) is 37.8 Å². The maximum atomic E-state index is 12.3. The molecule has 1 aromatic carbocycles. The van der Waals surface area contributed by atoms with Crippen LogP contribution < -0.4 is 5.32 Å². The highest BCUT2D eigenvalue weighted by molar-refractivity contribution is 7.88. The van der Waals surface area contributed by atoms with Gasteiger partial charge in [-0.2, -0.15) is 4.31 Å². The Kier molecular flexibility index (Phi) is 4.36. The average Bonchev–Trinajstić information content (AvgIpc) is 2.39. The number of nitro groups is 1. The Morgan fingerprint density at radius 3 is 2.60 bits per heavy atom. The summed E-state index contributed by atoms with van der Waals surface area (Å²) in [4.78, 5) is 10.1. The van der Waals surface area contributed by atoms with Crippen molar-refractivity contribution >= 4 is 15.7 Å². The number of nitrogens with one attached hydrogen (secondary N) is 1. The molecule has 7 nitrogen and oxygen atoms in total. The van der Waals surface area contributed by atoms with E-state index >= 15 is 0 Å². The van der Waals surface area contributed by atoms with Crippen LogP contribution in [0.2, 0.25) is 0 Å². The minimum atomic E-state index is -3.40. The molecule has 1 heterocycles. The van der Waals surface area contributed by atoms with E-state index in [1.807, 2.05) is 6.92 Å². The Balaban J connectivity index is 2.13. The van der Waals surface area contributed by atoms with Crippen LogP contribution in [-0.4, -0.2) is 43.3 Å². The maximum Gasteiger partial charge on any atom is 0.269 e. The summed E-state index contributed by atoms with van der Waals surface area (Å²) in [5.41, 5.74) is 0.517. The zero-order chi connectivity index (χ0) is 14.8. The molecule has 20 heavy (non-hydrogen) atoms. The normalized spacial score (nSPS) is 20.8. The first kappa shape index (κ1) is 14.9. The predicted octanol–water partition coefficient (Wildman–Crippen LogP) is 0.718. The molecule has 0 spiro atoms. The molecular formula is C12H17N3O4S. The number of sulfonamides is 1. The Morgan fingerprint density at radius 2 is 2.05 bits per heavy atom. The van der Waals surface area contributed by atoms with Crippen LogP contribution >= 0.6 is 0 Å². The van der Waals surface area contributed by atoms with Crippen LogP contribution in [0, 0.1) is 10.1 Å². The maximum absolute atomic E-state index is 12.3. The summed E-state index contributed by atoms with van der Waals surface area (Å²) in [7, 11) is -3.40. The van der Waals surface area contributed by atoms with Crippen LogP contribution in [0.25, 0.3) is 0 Å². The predicted molar refractivity (Wildman–Crippen MR) is 74.8 cm³/mol. The lowest BCUT2D eigenvalue weighted by Gasteiger charge is -2.32. The highest BCUT2D eigenvalue weighted by atomic mass is 32.2. The molecule has 0 amide bonds. The molecule has 1 N–H and O–H groups in total. The molecule has 1 atom stereocenters. The molecule has 1 aliphatic rings. The molecule has 0 saturated carbocycles. The van der Waals surface area contributed by atoms with E-state index in [1.54, 1.807) is 0 Å². The van der Waals surface area contributed by atoms with Crippen molar-refractivity contribution in [3.8, 4) is 0 Å². The van der Waals surface area contributed by atoms with E-state index in [-0.39, 0.29) is 17.5 Å². The number of hydrogen-bond acceptors (Lipinski definition) is 5. The van der Waals surface area contributed by atoms with Gasteiger partial charge in [-0.3, -0.25) is 10.1 Å². The van der Waals surface area contributed by atoms with Crippen molar-refractivity contribution in [3.63, 3.8) is 0 Å².